The first-order chi connectivity index (χ1) is 13.5. The molecule has 1 aromatic carbocycles. The first kappa shape index (κ1) is 18.8. The van der Waals surface area contributed by atoms with Crippen LogP contribution in [0.5, 0.6) is 0 Å². The van der Waals surface area contributed by atoms with E-state index in [0.717, 1.165) is 27.3 Å². The first-order valence-corrected chi connectivity index (χ1v) is 10.2. The normalized spacial score (nSPS) is 11.1. The molecule has 4 aromatic rings. The van der Waals surface area contributed by atoms with Gasteiger partial charge in [-0.3, -0.25) is 9.89 Å². The van der Waals surface area contributed by atoms with E-state index >= 15 is 0 Å². The number of amides is 1. The molecule has 0 saturated heterocycles. The fourth-order valence-corrected chi connectivity index (χ4v) is 4.08. The van der Waals surface area contributed by atoms with Crippen molar-refractivity contribution in [2.75, 3.05) is 6.54 Å². The number of pyridine rings is 1. The van der Waals surface area contributed by atoms with Gasteiger partial charge in [-0.1, -0.05) is 29.8 Å². The molecule has 0 bridgehead atoms. The maximum atomic E-state index is 12.9. The summed E-state index contributed by atoms with van der Waals surface area (Å²) in [6.07, 6.45) is 0.575. The molecule has 2 N–H and O–H groups in total. The maximum absolute atomic E-state index is 12.9. The van der Waals surface area contributed by atoms with E-state index in [1.54, 1.807) is 4.57 Å². The van der Waals surface area contributed by atoms with E-state index in [-0.39, 0.29) is 5.91 Å². The summed E-state index contributed by atoms with van der Waals surface area (Å²) in [4.78, 5) is 18.5. The number of thiophene rings is 1. The SMILES string of the molecule is Cn1c(CCNC(=O)c2cc(-c3ccc(Cl)s3)nc3ccccc23)n[nH]c1=S. The molecule has 142 valence electrons. The van der Waals surface area contributed by atoms with Gasteiger partial charge in [0, 0.05) is 25.4 Å². The number of hydrogen-bond donors (Lipinski definition) is 2. The summed E-state index contributed by atoms with van der Waals surface area (Å²) in [6.45, 7) is 0.448. The lowest BCUT2D eigenvalue weighted by Gasteiger charge is -2.10. The number of nitrogens with zero attached hydrogens (tertiary/aromatic N) is 3. The molecule has 0 radical (unpaired) electrons. The summed E-state index contributed by atoms with van der Waals surface area (Å²) in [5, 5.41) is 10.7. The van der Waals surface area contributed by atoms with Crippen molar-refractivity contribution in [1.82, 2.24) is 25.1 Å². The van der Waals surface area contributed by atoms with Crippen molar-refractivity contribution in [2.45, 2.75) is 6.42 Å². The van der Waals surface area contributed by atoms with Gasteiger partial charge in [-0.05, 0) is 36.5 Å². The fraction of sp³-hybridized carbons (Fsp3) is 0.158. The van der Waals surface area contributed by atoms with Crippen molar-refractivity contribution in [3.8, 4) is 10.6 Å². The Morgan fingerprint density at radius 1 is 1.32 bits per heavy atom. The van der Waals surface area contributed by atoms with Crippen molar-refractivity contribution in [2.24, 2.45) is 7.05 Å². The highest BCUT2D eigenvalue weighted by atomic mass is 35.5. The minimum atomic E-state index is -0.153. The number of aromatic amines is 1. The molecule has 0 atom stereocenters. The molecule has 3 heterocycles. The van der Waals surface area contributed by atoms with Crippen LogP contribution in [0.3, 0.4) is 0 Å². The predicted octanol–water partition coefficient (Wildman–Crippen LogP) is 4.38. The predicted molar refractivity (Wildman–Crippen MR) is 114 cm³/mol. The Hall–Kier alpha value is -2.55. The van der Waals surface area contributed by atoms with Crippen molar-refractivity contribution in [3.05, 3.63) is 63.0 Å². The van der Waals surface area contributed by atoms with Crippen LogP contribution in [-0.2, 0) is 13.5 Å². The van der Waals surface area contributed by atoms with Gasteiger partial charge >= 0.3 is 0 Å². The molecule has 0 aliphatic carbocycles. The van der Waals surface area contributed by atoms with Gasteiger partial charge in [0.2, 0.25) is 0 Å². The monoisotopic (exact) mass is 429 g/mol. The molecular weight excluding hydrogens is 414 g/mol. The van der Waals surface area contributed by atoms with E-state index in [1.807, 2.05) is 49.5 Å². The van der Waals surface area contributed by atoms with Gasteiger partial charge in [-0.2, -0.15) is 5.10 Å². The molecule has 28 heavy (non-hydrogen) atoms. The number of nitrogens with one attached hydrogen (secondary N) is 2. The summed E-state index contributed by atoms with van der Waals surface area (Å²) in [5.74, 6) is 0.637. The molecule has 6 nitrogen and oxygen atoms in total. The second-order valence-electron chi connectivity index (χ2n) is 6.19. The Labute approximate surface area is 175 Å². The first-order valence-electron chi connectivity index (χ1n) is 8.57. The largest absolute Gasteiger partial charge is 0.352 e. The molecule has 0 aliphatic heterocycles. The Balaban J connectivity index is 1.61. The number of rotatable bonds is 5. The Morgan fingerprint density at radius 3 is 2.86 bits per heavy atom. The van der Waals surface area contributed by atoms with Crippen molar-refractivity contribution < 1.29 is 4.79 Å². The Kier molecular flexibility index (Phi) is 5.25. The number of para-hydroxylation sites is 1. The second-order valence-corrected chi connectivity index (χ2v) is 8.29. The number of fused-ring (bicyclic) bond motifs is 1. The quantitative estimate of drug-likeness (QED) is 0.461. The van der Waals surface area contributed by atoms with Crippen LogP contribution in [0.15, 0.2) is 42.5 Å². The van der Waals surface area contributed by atoms with Gasteiger partial charge < -0.3 is 9.88 Å². The van der Waals surface area contributed by atoms with Gasteiger partial charge in [-0.15, -0.1) is 11.3 Å². The minimum Gasteiger partial charge on any atom is -0.352 e. The number of carbonyl (C=O) groups is 1. The average molecular weight is 430 g/mol. The molecule has 9 heteroatoms. The summed E-state index contributed by atoms with van der Waals surface area (Å²) < 4.78 is 3.03. The Bertz CT molecular complexity index is 1230. The summed E-state index contributed by atoms with van der Waals surface area (Å²) >= 11 is 12.6. The molecule has 0 saturated carbocycles. The third-order valence-corrected chi connectivity index (χ3v) is 6.01. The van der Waals surface area contributed by atoms with Crippen LogP contribution in [0.4, 0.5) is 0 Å². The fourth-order valence-electron chi connectivity index (χ4n) is 2.93. The topological polar surface area (TPSA) is 75.6 Å². The van der Waals surface area contributed by atoms with Crippen LogP contribution < -0.4 is 5.32 Å². The molecule has 3 aromatic heterocycles. The van der Waals surface area contributed by atoms with Crippen LogP contribution in [0, 0.1) is 4.77 Å². The van der Waals surface area contributed by atoms with E-state index in [1.165, 1.54) is 11.3 Å². The summed E-state index contributed by atoms with van der Waals surface area (Å²) in [7, 11) is 1.85. The molecule has 0 aliphatic rings. The van der Waals surface area contributed by atoms with Crippen molar-refractivity contribution in [1.29, 1.82) is 0 Å². The highest BCUT2D eigenvalue weighted by Gasteiger charge is 2.15. The maximum Gasteiger partial charge on any atom is 0.252 e. The summed E-state index contributed by atoms with van der Waals surface area (Å²) in [6, 6.07) is 13.2. The zero-order valence-electron chi connectivity index (χ0n) is 14.9. The van der Waals surface area contributed by atoms with Gasteiger partial charge in [-0.25, -0.2) is 4.98 Å². The highest BCUT2D eigenvalue weighted by molar-refractivity contribution is 7.71. The molecule has 1 amide bonds. The second kappa shape index (κ2) is 7.83. The molecular formula is C19H16ClN5OS2. The van der Waals surface area contributed by atoms with Gasteiger partial charge in [0.1, 0.15) is 5.82 Å². The number of benzene rings is 1. The number of H-pyrrole nitrogens is 1. The number of aromatic nitrogens is 4. The van der Waals surface area contributed by atoms with Gasteiger partial charge in [0.05, 0.1) is 26.0 Å². The van der Waals surface area contributed by atoms with Crippen molar-refractivity contribution >= 4 is 52.0 Å². The van der Waals surface area contributed by atoms with Crippen LogP contribution in [0.2, 0.25) is 4.34 Å². The van der Waals surface area contributed by atoms with Crippen LogP contribution in [0.25, 0.3) is 21.5 Å². The zero-order chi connectivity index (χ0) is 19.7. The van der Waals surface area contributed by atoms with Crippen molar-refractivity contribution in [3.63, 3.8) is 0 Å². The average Bonchev–Trinajstić information content (AvgIpc) is 3.27. The third-order valence-electron chi connectivity index (χ3n) is 4.39. The highest BCUT2D eigenvalue weighted by Crippen LogP contribution is 2.32. The molecule has 0 spiro atoms. The lowest BCUT2D eigenvalue weighted by molar-refractivity contribution is 0.0955. The smallest absolute Gasteiger partial charge is 0.252 e. The lowest BCUT2D eigenvalue weighted by atomic mass is 10.1. The van der Waals surface area contributed by atoms with Gasteiger partial charge in [0.15, 0.2) is 4.77 Å². The van der Waals surface area contributed by atoms with E-state index in [2.05, 4.69) is 20.5 Å². The molecule has 0 unspecified atom stereocenters. The minimum absolute atomic E-state index is 0.153. The molecule has 4 rings (SSSR count). The Morgan fingerprint density at radius 2 is 2.14 bits per heavy atom. The zero-order valence-corrected chi connectivity index (χ0v) is 17.3. The standard InChI is InChI=1S/C19H16ClN5OS2/c1-25-17(23-24-19(25)27)8-9-21-18(26)12-10-14(15-6-7-16(20)28-15)22-13-5-3-2-4-11(12)13/h2-7,10H,8-9H2,1H3,(H,21,26)(H,24,27). The number of hydrogen-bond acceptors (Lipinski definition) is 5. The van der Waals surface area contributed by atoms with E-state index in [0.29, 0.717) is 27.6 Å². The molecule has 0 fully saturated rings. The van der Waals surface area contributed by atoms with Gasteiger partial charge in [0.25, 0.3) is 5.91 Å². The van der Waals surface area contributed by atoms with E-state index in [4.69, 9.17) is 23.8 Å². The summed E-state index contributed by atoms with van der Waals surface area (Å²) in [5.41, 5.74) is 2.08. The number of carbonyl (C=O) groups excluding carboxylic acids is 1. The van der Waals surface area contributed by atoms with E-state index < -0.39 is 0 Å². The van der Waals surface area contributed by atoms with Crippen LogP contribution in [0.1, 0.15) is 16.2 Å². The van der Waals surface area contributed by atoms with E-state index in [9.17, 15) is 4.79 Å². The van der Waals surface area contributed by atoms with Crippen LogP contribution >= 0.6 is 35.2 Å². The number of halogens is 1. The third kappa shape index (κ3) is 3.71. The van der Waals surface area contributed by atoms with Crippen LogP contribution in [-0.4, -0.2) is 32.2 Å². The lowest BCUT2D eigenvalue weighted by Crippen LogP contribution is -2.26.